The first kappa shape index (κ1) is 17.7. The van der Waals surface area contributed by atoms with Crippen LogP contribution in [0.1, 0.15) is 24.6 Å². The molecule has 2 aromatic carbocycles. The standard InChI is InChI=1S/C22H19FN2O4/c1-13-2-3-14-8-16(23)5-6-18(14)25(13)22(26)11-17-10-20(29-24-17)15-4-7-19-21(9-15)28-12-27-19/h4-10,13H,2-3,11-12H2,1H3. The van der Waals surface area contributed by atoms with Gasteiger partial charge in [0, 0.05) is 23.4 Å². The summed E-state index contributed by atoms with van der Waals surface area (Å²) >= 11 is 0. The molecule has 0 bridgehead atoms. The van der Waals surface area contributed by atoms with Gasteiger partial charge < -0.3 is 18.9 Å². The molecule has 1 amide bonds. The second kappa shape index (κ2) is 6.92. The minimum Gasteiger partial charge on any atom is -0.454 e. The molecule has 6 nitrogen and oxygen atoms in total. The van der Waals surface area contributed by atoms with E-state index in [0.29, 0.717) is 23.0 Å². The first-order valence-electron chi connectivity index (χ1n) is 9.54. The number of anilines is 1. The number of nitrogens with zero attached hydrogens (tertiary/aromatic N) is 2. The van der Waals surface area contributed by atoms with Crippen LogP contribution in [0.3, 0.4) is 0 Å². The molecule has 0 saturated carbocycles. The maximum Gasteiger partial charge on any atom is 0.233 e. The third-order valence-electron chi connectivity index (χ3n) is 5.39. The number of ether oxygens (including phenoxy) is 2. The SMILES string of the molecule is CC1CCc2cc(F)ccc2N1C(=O)Cc1cc(-c2ccc3c(c2)OCO3)on1. The highest BCUT2D eigenvalue weighted by molar-refractivity contribution is 5.96. The smallest absolute Gasteiger partial charge is 0.233 e. The van der Waals surface area contributed by atoms with E-state index in [0.717, 1.165) is 29.7 Å². The molecular formula is C22H19FN2O4. The predicted octanol–water partition coefficient (Wildman–Crippen LogP) is 4.12. The van der Waals surface area contributed by atoms with Crippen molar-refractivity contribution in [1.29, 1.82) is 0 Å². The second-order valence-corrected chi connectivity index (χ2v) is 7.35. The summed E-state index contributed by atoms with van der Waals surface area (Å²) in [5, 5.41) is 4.06. The van der Waals surface area contributed by atoms with Crippen LogP contribution in [0, 0.1) is 5.82 Å². The van der Waals surface area contributed by atoms with Gasteiger partial charge in [0.15, 0.2) is 17.3 Å². The van der Waals surface area contributed by atoms with Gasteiger partial charge in [0.2, 0.25) is 12.7 Å². The minimum atomic E-state index is -0.282. The summed E-state index contributed by atoms with van der Waals surface area (Å²) in [6.45, 7) is 2.21. The van der Waals surface area contributed by atoms with Crippen molar-refractivity contribution in [2.45, 2.75) is 32.2 Å². The molecule has 1 unspecified atom stereocenters. The number of fused-ring (bicyclic) bond motifs is 2. The molecule has 3 aromatic rings. The molecular weight excluding hydrogens is 375 g/mol. The van der Waals surface area contributed by atoms with Crippen molar-refractivity contribution in [3.05, 3.63) is 59.5 Å². The molecule has 0 radical (unpaired) electrons. The van der Waals surface area contributed by atoms with Gasteiger partial charge in [0.1, 0.15) is 5.82 Å². The molecule has 7 heteroatoms. The van der Waals surface area contributed by atoms with E-state index in [-0.39, 0.29) is 31.0 Å². The maximum absolute atomic E-state index is 13.6. The van der Waals surface area contributed by atoms with Gasteiger partial charge in [-0.1, -0.05) is 5.16 Å². The summed E-state index contributed by atoms with van der Waals surface area (Å²) < 4.78 is 29.7. The summed E-state index contributed by atoms with van der Waals surface area (Å²) in [4.78, 5) is 14.8. The van der Waals surface area contributed by atoms with Crippen LogP contribution in [0.4, 0.5) is 10.1 Å². The van der Waals surface area contributed by atoms with Gasteiger partial charge in [0.05, 0.1) is 12.1 Å². The Kier molecular flexibility index (Phi) is 4.23. The average Bonchev–Trinajstić information content (AvgIpc) is 3.36. The number of carbonyl (C=O) groups is 1. The zero-order chi connectivity index (χ0) is 20.0. The maximum atomic E-state index is 13.6. The Balaban J connectivity index is 1.37. The van der Waals surface area contributed by atoms with Crippen molar-refractivity contribution in [3.63, 3.8) is 0 Å². The lowest BCUT2D eigenvalue weighted by Crippen LogP contribution is -2.43. The second-order valence-electron chi connectivity index (χ2n) is 7.35. The molecule has 1 atom stereocenters. The van der Waals surface area contributed by atoms with Gasteiger partial charge in [-0.3, -0.25) is 4.79 Å². The molecule has 0 fully saturated rings. The van der Waals surface area contributed by atoms with Gasteiger partial charge in [-0.25, -0.2) is 4.39 Å². The van der Waals surface area contributed by atoms with Gasteiger partial charge >= 0.3 is 0 Å². The average molecular weight is 394 g/mol. The highest BCUT2D eigenvalue weighted by Gasteiger charge is 2.29. The van der Waals surface area contributed by atoms with Gasteiger partial charge in [-0.05, 0) is 61.7 Å². The Morgan fingerprint density at radius 3 is 2.93 bits per heavy atom. The van der Waals surface area contributed by atoms with Gasteiger partial charge in [-0.2, -0.15) is 0 Å². The van der Waals surface area contributed by atoms with E-state index in [1.54, 1.807) is 17.0 Å². The van der Waals surface area contributed by atoms with E-state index in [2.05, 4.69) is 5.16 Å². The van der Waals surface area contributed by atoms with E-state index in [9.17, 15) is 9.18 Å². The third-order valence-corrected chi connectivity index (χ3v) is 5.39. The summed E-state index contributed by atoms with van der Waals surface area (Å²) in [7, 11) is 0. The highest BCUT2D eigenvalue weighted by Crippen LogP contribution is 2.36. The van der Waals surface area contributed by atoms with Crippen LogP contribution in [0.15, 0.2) is 47.0 Å². The van der Waals surface area contributed by atoms with Gasteiger partial charge in [0.25, 0.3) is 0 Å². The van der Waals surface area contributed by atoms with Crippen LogP contribution < -0.4 is 14.4 Å². The van der Waals surface area contributed by atoms with E-state index in [4.69, 9.17) is 14.0 Å². The molecule has 0 spiro atoms. The number of hydrogen-bond acceptors (Lipinski definition) is 5. The molecule has 1 aromatic heterocycles. The zero-order valence-corrected chi connectivity index (χ0v) is 15.9. The van der Waals surface area contributed by atoms with Crippen LogP contribution in [0.25, 0.3) is 11.3 Å². The van der Waals surface area contributed by atoms with Crippen molar-refractivity contribution < 1.29 is 23.2 Å². The van der Waals surface area contributed by atoms with E-state index in [1.807, 2.05) is 25.1 Å². The van der Waals surface area contributed by atoms with Crippen LogP contribution in [-0.4, -0.2) is 23.9 Å². The first-order valence-corrected chi connectivity index (χ1v) is 9.54. The molecule has 148 valence electrons. The Bertz CT molecular complexity index is 1090. The Hall–Kier alpha value is -3.35. The van der Waals surface area contributed by atoms with Crippen LogP contribution in [-0.2, 0) is 17.6 Å². The number of rotatable bonds is 3. The lowest BCUT2D eigenvalue weighted by molar-refractivity contribution is -0.118. The summed E-state index contributed by atoms with van der Waals surface area (Å²) in [5.74, 6) is 1.53. The lowest BCUT2D eigenvalue weighted by atomic mass is 9.96. The Morgan fingerprint density at radius 1 is 1.17 bits per heavy atom. The van der Waals surface area contributed by atoms with Crippen LogP contribution in [0.2, 0.25) is 0 Å². The van der Waals surface area contributed by atoms with E-state index in [1.165, 1.54) is 12.1 Å². The number of aromatic nitrogens is 1. The van der Waals surface area contributed by atoms with Crippen LogP contribution in [0.5, 0.6) is 11.5 Å². The number of halogens is 1. The fraction of sp³-hybridized carbons (Fsp3) is 0.273. The lowest BCUT2D eigenvalue weighted by Gasteiger charge is -2.35. The molecule has 29 heavy (non-hydrogen) atoms. The normalized spacial score (nSPS) is 17.3. The number of carbonyl (C=O) groups excluding carboxylic acids is 1. The van der Waals surface area contributed by atoms with Crippen LogP contribution >= 0.6 is 0 Å². The third kappa shape index (κ3) is 3.22. The minimum absolute atomic E-state index is 0.0423. The highest BCUT2D eigenvalue weighted by atomic mass is 19.1. The van der Waals surface area contributed by atoms with Crippen molar-refractivity contribution in [2.75, 3.05) is 11.7 Å². The number of amides is 1. The topological polar surface area (TPSA) is 64.8 Å². The monoisotopic (exact) mass is 394 g/mol. The molecule has 2 aliphatic rings. The van der Waals surface area contributed by atoms with Gasteiger partial charge in [-0.15, -0.1) is 0 Å². The summed E-state index contributed by atoms with van der Waals surface area (Å²) in [5.41, 5.74) is 2.98. The van der Waals surface area contributed by atoms with E-state index >= 15 is 0 Å². The Labute approximate surface area is 166 Å². The molecule has 0 saturated heterocycles. The quantitative estimate of drug-likeness (QED) is 0.669. The van der Waals surface area contributed by atoms with Crippen molar-refractivity contribution in [1.82, 2.24) is 5.16 Å². The molecule has 0 aliphatic carbocycles. The zero-order valence-electron chi connectivity index (χ0n) is 15.9. The van der Waals surface area contributed by atoms with Crippen molar-refractivity contribution in [2.24, 2.45) is 0 Å². The fourth-order valence-electron chi connectivity index (χ4n) is 3.92. The largest absolute Gasteiger partial charge is 0.454 e. The number of aryl methyl sites for hydroxylation is 1. The summed E-state index contributed by atoms with van der Waals surface area (Å²) in [6, 6.07) is 11.9. The van der Waals surface area contributed by atoms with Crippen molar-refractivity contribution >= 4 is 11.6 Å². The van der Waals surface area contributed by atoms with Crippen molar-refractivity contribution in [3.8, 4) is 22.8 Å². The summed E-state index contributed by atoms with van der Waals surface area (Å²) in [6.07, 6.45) is 1.66. The molecule has 5 rings (SSSR count). The molecule has 0 N–H and O–H groups in total. The van der Waals surface area contributed by atoms with E-state index < -0.39 is 0 Å². The first-order chi connectivity index (χ1) is 14.1. The Morgan fingerprint density at radius 2 is 2.03 bits per heavy atom. The fourth-order valence-corrected chi connectivity index (χ4v) is 3.92. The predicted molar refractivity (Wildman–Crippen MR) is 103 cm³/mol. The number of hydrogen-bond donors (Lipinski definition) is 0. The molecule has 2 aliphatic heterocycles. The number of benzene rings is 2. The molecule has 3 heterocycles.